The monoisotopic (exact) mass is 291 g/mol. The average Bonchev–Trinajstić information content (AvgIpc) is 2.66. The Kier molecular flexibility index (Phi) is 3.91. The summed E-state index contributed by atoms with van der Waals surface area (Å²) in [5.74, 6) is 0.689. The Morgan fingerprint density at radius 3 is 2.81 bits per heavy atom. The molecule has 0 saturated carbocycles. The largest absolute Gasteiger partial charge is 0.374 e. The molecule has 0 radical (unpaired) electrons. The van der Waals surface area contributed by atoms with Crippen LogP contribution in [-0.4, -0.2) is 10.2 Å². The van der Waals surface area contributed by atoms with Crippen LogP contribution in [0.5, 0.6) is 0 Å². The van der Waals surface area contributed by atoms with Crippen LogP contribution in [0.25, 0.3) is 0 Å². The SMILES string of the molecule is Nc1nnc(CSc2cc(Cl)ccc2Cl)s1. The van der Waals surface area contributed by atoms with Gasteiger partial charge in [-0.05, 0) is 18.2 Å². The standard InChI is InChI=1S/C9H7Cl2N3S2/c10-5-1-2-6(11)7(3-5)15-4-8-13-14-9(12)16-8/h1-3H,4H2,(H2,12,14). The predicted octanol–water partition coefficient (Wildman–Crippen LogP) is 3.72. The summed E-state index contributed by atoms with van der Waals surface area (Å²) < 4.78 is 0. The molecule has 0 atom stereocenters. The molecule has 2 aromatic rings. The number of nitrogens with zero attached hydrogens (tertiary/aromatic N) is 2. The fourth-order valence-corrected chi connectivity index (χ4v) is 3.14. The molecule has 84 valence electrons. The maximum absolute atomic E-state index is 6.03. The lowest BCUT2D eigenvalue weighted by Crippen LogP contribution is -1.81. The summed E-state index contributed by atoms with van der Waals surface area (Å²) >= 11 is 14.9. The molecule has 1 aromatic carbocycles. The Labute approximate surface area is 111 Å². The number of anilines is 1. The quantitative estimate of drug-likeness (QED) is 0.876. The van der Waals surface area contributed by atoms with E-state index in [1.165, 1.54) is 11.3 Å². The lowest BCUT2D eigenvalue weighted by molar-refractivity contribution is 1.05. The van der Waals surface area contributed by atoms with Crippen molar-refractivity contribution in [2.75, 3.05) is 5.73 Å². The third kappa shape index (κ3) is 3.01. The Balaban J connectivity index is 2.07. The van der Waals surface area contributed by atoms with E-state index in [2.05, 4.69) is 10.2 Å². The molecular formula is C9H7Cl2N3S2. The first kappa shape index (κ1) is 12.0. The maximum Gasteiger partial charge on any atom is 0.203 e. The summed E-state index contributed by atoms with van der Waals surface area (Å²) in [6.45, 7) is 0. The lowest BCUT2D eigenvalue weighted by atomic mass is 10.4. The van der Waals surface area contributed by atoms with Crippen LogP contribution >= 0.6 is 46.3 Å². The first-order valence-corrected chi connectivity index (χ1v) is 6.86. The minimum absolute atomic E-state index is 0.479. The summed E-state index contributed by atoms with van der Waals surface area (Å²) in [5, 5.41) is 10.4. The Morgan fingerprint density at radius 2 is 2.12 bits per heavy atom. The van der Waals surface area contributed by atoms with Crippen molar-refractivity contribution in [1.82, 2.24) is 10.2 Å². The van der Waals surface area contributed by atoms with Gasteiger partial charge in [0, 0.05) is 9.92 Å². The Bertz CT molecular complexity index is 501. The highest BCUT2D eigenvalue weighted by Gasteiger charge is 2.05. The van der Waals surface area contributed by atoms with Crippen molar-refractivity contribution in [2.24, 2.45) is 0 Å². The highest BCUT2D eigenvalue weighted by Crippen LogP contribution is 2.32. The van der Waals surface area contributed by atoms with Crippen molar-refractivity contribution in [1.29, 1.82) is 0 Å². The summed E-state index contributed by atoms with van der Waals surface area (Å²) in [5.41, 5.74) is 5.49. The molecule has 0 aliphatic heterocycles. The van der Waals surface area contributed by atoms with E-state index in [1.807, 2.05) is 6.07 Å². The van der Waals surface area contributed by atoms with Crippen LogP contribution in [0, 0.1) is 0 Å². The van der Waals surface area contributed by atoms with Gasteiger partial charge in [-0.15, -0.1) is 22.0 Å². The van der Waals surface area contributed by atoms with Crippen LogP contribution in [0.4, 0.5) is 5.13 Å². The zero-order chi connectivity index (χ0) is 11.5. The fourth-order valence-electron chi connectivity index (χ4n) is 1.05. The summed E-state index contributed by atoms with van der Waals surface area (Å²) in [6, 6.07) is 5.37. The van der Waals surface area contributed by atoms with Gasteiger partial charge in [0.1, 0.15) is 5.01 Å². The average molecular weight is 292 g/mol. The zero-order valence-electron chi connectivity index (χ0n) is 7.98. The molecule has 1 heterocycles. The molecule has 2 rings (SSSR count). The molecule has 0 spiro atoms. The number of aromatic nitrogens is 2. The number of hydrogen-bond acceptors (Lipinski definition) is 5. The van der Waals surface area contributed by atoms with Gasteiger partial charge in [-0.2, -0.15) is 0 Å². The van der Waals surface area contributed by atoms with Crippen LogP contribution in [0.3, 0.4) is 0 Å². The van der Waals surface area contributed by atoms with Gasteiger partial charge in [-0.1, -0.05) is 34.5 Å². The van der Waals surface area contributed by atoms with Gasteiger partial charge < -0.3 is 5.73 Å². The van der Waals surface area contributed by atoms with Crippen LogP contribution in [0.1, 0.15) is 5.01 Å². The smallest absolute Gasteiger partial charge is 0.203 e. The minimum Gasteiger partial charge on any atom is -0.374 e. The minimum atomic E-state index is 0.479. The second-order valence-corrected chi connectivity index (χ2v) is 5.85. The van der Waals surface area contributed by atoms with E-state index in [9.17, 15) is 0 Å². The van der Waals surface area contributed by atoms with Gasteiger partial charge in [0.05, 0.1) is 10.8 Å². The molecule has 0 amide bonds. The molecule has 0 aliphatic carbocycles. The zero-order valence-corrected chi connectivity index (χ0v) is 11.1. The maximum atomic E-state index is 6.03. The second-order valence-electron chi connectivity index (χ2n) is 2.90. The fraction of sp³-hybridized carbons (Fsp3) is 0.111. The van der Waals surface area contributed by atoms with Crippen molar-refractivity contribution >= 4 is 51.4 Å². The number of thioether (sulfide) groups is 1. The number of benzene rings is 1. The summed E-state index contributed by atoms with van der Waals surface area (Å²) in [7, 11) is 0. The number of halogens is 2. The van der Waals surface area contributed by atoms with Crippen molar-refractivity contribution in [3.63, 3.8) is 0 Å². The topological polar surface area (TPSA) is 51.8 Å². The molecule has 2 N–H and O–H groups in total. The highest BCUT2D eigenvalue weighted by molar-refractivity contribution is 7.98. The van der Waals surface area contributed by atoms with E-state index < -0.39 is 0 Å². The Hall–Kier alpha value is -0.490. The van der Waals surface area contributed by atoms with Gasteiger partial charge in [0.15, 0.2) is 0 Å². The molecule has 0 fully saturated rings. The van der Waals surface area contributed by atoms with Crippen molar-refractivity contribution in [3.8, 4) is 0 Å². The highest BCUT2D eigenvalue weighted by atomic mass is 35.5. The van der Waals surface area contributed by atoms with E-state index >= 15 is 0 Å². The number of hydrogen-bond donors (Lipinski definition) is 1. The van der Waals surface area contributed by atoms with Gasteiger partial charge in [-0.3, -0.25) is 0 Å². The molecule has 3 nitrogen and oxygen atoms in total. The van der Waals surface area contributed by atoms with Crippen LogP contribution in [0.2, 0.25) is 10.0 Å². The van der Waals surface area contributed by atoms with E-state index in [-0.39, 0.29) is 0 Å². The predicted molar refractivity (Wildman–Crippen MR) is 70.3 cm³/mol. The number of nitrogens with two attached hydrogens (primary N) is 1. The van der Waals surface area contributed by atoms with E-state index in [4.69, 9.17) is 28.9 Å². The summed E-state index contributed by atoms with van der Waals surface area (Å²) in [4.78, 5) is 0.933. The summed E-state index contributed by atoms with van der Waals surface area (Å²) in [6.07, 6.45) is 0. The van der Waals surface area contributed by atoms with E-state index in [0.29, 0.717) is 20.9 Å². The van der Waals surface area contributed by atoms with Crippen molar-refractivity contribution in [3.05, 3.63) is 33.3 Å². The van der Waals surface area contributed by atoms with Gasteiger partial charge in [0.25, 0.3) is 0 Å². The van der Waals surface area contributed by atoms with Gasteiger partial charge in [-0.25, -0.2) is 0 Å². The number of rotatable bonds is 3. The third-order valence-corrected chi connectivity index (χ3v) is 4.41. The molecule has 0 bridgehead atoms. The molecule has 16 heavy (non-hydrogen) atoms. The van der Waals surface area contributed by atoms with Crippen molar-refractivity contribution < 1.29 is 0 Å². The molecular weight excluding hydrogens is 285 g/mol. The molecule has 0 unspecified atom stereocenters. The van der Waals surface area contributed by atoms with Crippen LogP contribution in [0.15, 0.2) is 23.1 Å². The first-order valence-electron chi connectivity index (χ1n) is 4.31. The second kappa shape index (κ2) is 5.23. The van der Waals surface area contributed by atoms with Crippen molar-refractivity contribution in [2.45, 2.75) is 10.6 Å². The van der Waals surface area contributed by atoms with Gasteiger partial charge in [0.2, 0.25) is 5.13 Å². The van der Waals surface area contributed by atoms with E-state index in [0.717, 1.165) is 9.90 Å². The number of nitrogen functional groups attached to an aromatic ring is 1. The molecule has 0 aliphatic rings. The van der Waals surface area contributed by atoms with Crippen LogP contribution < -0.4 is 5.73 Å². The molecule has 0 saturated heterocycles. The Morgan fingerprint density at radius 1 is 1.31 bits per heavy atom. The molecule has 1 aromatic heterocycles. The first-order chi connectivity index (χ1) is 7.65. The van der Waals surface area contributed by atoms with Crippen LogP contribution in [-0.2, 0) is 5.75 Å². The molecule has 7 heteroatoms. The normalized spacial score (nSPS) is 10.6. The third-order valence-electron chi connectivity index (χ3n) is 1.73. The lowest BCUT2D eigenvalue weighted by Gasteiger charge is -2.02. The van der Waals surface area contributed by atoms with E-state index in [1.54, 1.807) is 23.9 Å². The van der Waals surface area contributed by atoms with Gasteiger partial charge >= 0.3 is 0 Å².